The molecule has 5 heteroatoms. The van der Waals surface area contributed by atoms with Crippen LogP contribution in [0.25, 0.3) is 0 Å². The third kappa shape index (κ3) is 1.57. The molecule has 0 aromatic heterocycles. The fourth-order valence-corrected chi connectivity index (χ4v) is 2.17. The van der Waals surface area contributed by atoms with E-state index >= 15 is 0 Å². The van der Waals surface area contributed by atoms with Crippen LogP contribution in [0.5, 0.6) is 0 Å². The van der Waals surface area contributed by atoms with E-state index in [0.717, 1.165) is 22.1 Å². The Labute approximate surface area is 104 Å². The van der Waals surface area contributed by atoms with Gasteiger partial charge in [-0.3, -0.25) is 0 Å². The molecule has 1 aliphatic rings. The summed E-state index contributed by atoms with van der Waals surface area (Å²) < 4.78 is 0. The van der Waals surface area contributed by atoms with Gasteiger partial charge in [0.15, 0.2) is 5.03 Å². The van der Waals surface area contributed by atoms with E-state index in [0.29, 0.717) is 0 Å². The molecule has 0 saturated heterocycles. The van der Waals surface area contributed by atoms with Gasteiger partial charge in [0.1, 0.15) is 6.54 Å². The maximum atomic E-state index is 11.1. The number of nitrogens with zero attached hydrogens (tertiary/aromatic N) is 3. The van der Waals surface area contributed by atoms with Crippen molar-refractivity contribution in [3.63, 3.8) is 0 Å². The first-order valence-electron chi connectivity index (χ1n) is 5.62. The van der Waals surface area contributed by atoms with E-state index < -0.39 is 0 Å². The lowest BCUT2D eigenvalue weighted by atomic mass is 10.2. The standard InChI is InChI=1S/C13H11N3O2/c17-16(18)14-10-11-6-4-5-9-13(11)15(14)12-7-2-1-3-8-12/h1-9H,10H2. The Morgan fingerprint density at radius 2 is 1.67 bits per heavy atom. The smallest absolute Gasteiger partial charge is 0.182 e. The van der Waals surface area contributed by atoms with Crippen molar-refractivity contribution in [3.05, 3.63) is 70.3 Å². The van der Waals surface area contributed by atoms with Gasteiger partial charge in [0.05, 0.1) is 11.4 Å². The van der Waals surface area contributed by atoms with Crippen LogP contribution in [0.15, 0.2) is 54.6 Å². The number of hydrazine groups is 2. The molecule has 18 heavy (non-hydrogen) atoms. The highest BCUT2D eigenvalue weighted by Gasteiger charge is 2.34. The van der Waals surface area contributed by atoms with Crippen molar-refractivity contribution in [1.29, 1.82) is 0 Å². The lowest BCUT2D eigenvalue weighted by molar-refractivity contribution is -0.658. The first-order valence-corrected chi connectivity index (χ1v) is 5.62. The molecule has 0 N–H and O–H groups in total. The van der Waals surface area contributed by atoms with E-state index in [1.165, 1.54) is 0 Å². The van der Waals surface area contributed by atoms with Crippen molar-refractivity contribution < 1.29 is 5.03 Å². The summed E-state index contributed by atoms with van der Waals surface area (Å²) in [4.78, 5) is 11.1. The predicted octanol–water partition coefficient (Wildman–Crippen LogP) is 2.75. The van der Waals surface area contributed by atoms with Crippen molar-refractivity contribution in [3.8, 4) is 0 Å². The topological polar surface area (TPSA) is 49.6 Å². The zero-order valence-corrected chi connectivity index (χ0v) is 9.56. The number of fused-ring (bicyclic) bond motifs is 1. The molecule has 0 saturated carbocycles. The SMILES string of the molecule is O=[N+]([O-])N1Cc2ccccc2N1c1ccccc1. The number of rotatable bonds is 2. The molecule has 2 aromatic rings. The zero-order valence-electron chi connectivity index (χ0n) is 9.56. The summed E-state index contributed by atoms with van der Waals surface area (Å²) in [6, 6.07) is 16.9. The average Bonchev–Trinajstić information content (AvgIpc) is 2.79. The van der Waals surface area contributed by atoms with E-state index in [2.05, 4.69) is 0 Å². The molecule has 0 fully saturated rings. The van der Waals surface area contributed by atoms with Crippen molar-refractivity contribution >= 4 is 11.4 Å². The molecule has 1 heterocycles. The highest BCUT2D eigenvalue weighted by molar-refractivity contribution is 5.67. The molecule has 0 spiro atoms. The summed E-state index contributed by atoms with van der Waals surface area (Å²) >= 11 is 0. The van der Waals surface area contributed by atoms with Gasteiger partial charge in [-0.25, -0.2) is 15.1 Å². The van der Waals surface area contributed by atoms with Crippen LogP contribution in [0.4, 0.5) is 11.4 Å². The fraction of sp³-hybridized carbons (Fsp3) is 0.0769. The Morgan fingerprint density at radius 1 is 1.00 bits per heavy atom. The summed E-state index contributed by atoms with van der Waals surface area (Å²) in [5.74, 6) is 0. The predicted molar refractivity (Wildman–Crippen MR) is 67.6 cm³/mol. The van der Waals surface area contributed by atoms with Gasteiger partial charge in [0.25, 0.3) is 0 Å². The molecular formula is C13H11N3O2. The van der Waals surface area contributed by atoms with Gasteiger partial charge >= 0.3 is 0 Å². The van der Waals surface area contributed by atoms with Crippen molar-refractivity contribution in [2.45, 2.75) is 6.54 Å². The Bertz CT molecular complexity index is 586. The average molecular weight is 241 g/mol. The molecule has 0 unspecified atom stereocenters. The molecule has 0 aliphatic carbocycles. The molecular weight excluding hydrogens is 230 g/mol. The molecule has 2 aromatic carbocycles. The van der Waals surface area contributed by atoms with E-state index in [1.807, 2.05) is 54.6 Å². The number of benzene rings is 2. The first-order chi connectivity index (χ1) is 8.77. The Hall–Kier alpha value is -2.56. The molecule has 5 nitrogen and oxygen atoms in total. The maximum absolute atomic E-state index is 11.1. The Balaban J connectivity index is 2.11. The largest absolute Gasteiger partial charge is 0.233 e. The summed E-state index contributed by atoms with van der Waals surface area (Å²) in [6.07, 6.45) is 0. The van der Waals surface area contributed by atoms with Crippen LogP contribution in [0.1, 0.15) is 5.56 Å². The zero-order chi connectivity index (χ0) is 12.5. The third-order valence-electron chi connectivity index (χ3n) is 2.95. The van der Waals surface area contributed by atoms with Gasteiger partial charge in [0, 0.05) is 5.56 Å². The number of hydrogen-bond acceptors (Lipinski definition) is 3. The minimum absolute atomic E-state index is 0.290. The van der Waals surface area contributed by atoms with Gasteiger partial charge in [-0.05, 0) is 23.3 Å². The van der Waals surface area contributed by atoms with E-state index in [9.17, 15) is 10.1 Å². The summed E-state index contributed by atoms with van der Waals surface area (Å²) in [5, 5.41) is 13.5. The minimum Gasteiger partial charge on any atom is -0.233 e. The highest BCUT2D eigenvalue weighted by Crippen LogP contribution is 2.36. The second-order valence-electron chi connectivity index (χ2n) is 4.04. The van der Waals surface area contributed by atoms with Gasteiger partial charge < -0.3 is 0 Å². The molecule has 3 rings (SSSR count). The second-order valence-corrected chi connectivity index (χ2v) is 4.04. The van der Waals surface area contributed by atoms with Gasteiger partial charge in [-0.1, -0.05) is 36.4 Å². The van der Waals surface area contributed by atoms with E-state index in [4.69, 9.17) is 0 Å². The van der Waals surface area contributed by atoms with Crippen LogP contribution in [0.2, 0.25) is 0 Å². The van der Waals surface area contributed by atoms with Crippen molar-refractivity contribution in [1.82, 2.24) is 5.12 Å². The summed E-state index contributed by atoms with van der Waals surface area (Å²) in [5.41, 5.74) is 2.61. The van der Waals surface area contributed by atoms with Crippen LogP contribution in [-0.2, 0) is 6.54 Å². The number of anilines is 2. The van der Waals surface area contributed by atoms with Crippen LogP contribution < -0.4 is 5.01 Å². The summed E-state index contributed by atoms with van der Waals surface area (Å²) in [6.45, 7) is 0.290. The lowest BCUT2D eigenvalue weighted by Crippen LogP contribution is -2.38. The Morgan fingerprint density at radius 3 is 2.39 bits per heavy atom. The van der Waals surface area contributed by atoms with Gasteiger partial charge in [-0.2, -0.15) is 0 Å². The number of para-hydroxylation sites is 2. The monoisotopic (exact) mass is 241 g/mol. The fourth-order valence-electron chi connectivity index (χ4n) is 2.17. The molecule has 0 atom stereocenters. The van der Waals surface area contributed by atoms with Gasteiger partial charge in [-0.15, -0.1) is 0 Å². The molecule has 0 amide bonds. The summed E-state index contributed by atoms with van der Waals surface area (Å²) in [7, 11) is 0. The molecule has 90 valence electrons. The van der Waals surface area contributed by atoms with Crippen molar-refractivity contribution in [2.75, 3.05) is 5.01 Å². The quantitative estimate of drug-likeness (QED) is 0.599. The normalized spacial score (nSPS) is 13.6. The highest BCUT2D eigenvalue weighted by atomic mass is 16.7. The van der Waals surface area contributed by atoms with Crippen LogP contribution >= 0.6 is 0 Å². The van der Waals surface area contributed by atoms with E-state index in [1.54, 1.807) is 5.01 Å². The first kappa shape index (κ1) is 10.6. The number of nitro groups is 1. The van der Waals surface area contributed by atoms with Crippen LogP contribution in [-0.4, -0.2) is 10.2 Å². The second kappa shape index (κ2) is 4.03. The van der Waals surface area contributed by atoms with Crippen molar-refractivity contribution in [2.24, 2.45) is 0 Å². The third-order valence-corrected chi connectivity index (χ3v) is 2.95. The van der Waals surface area contributed by atoms with Crippen LogP contribution in [0, 0.1) is 10.1 Å². The minimum atomic E-state index is -0.382. The van der Waals surface area contributed by atoms with Gasteiger partial charge in [0.2, 0.25) is 0 Å². The maximum Gasteiger partial charge on any atom is 0.182 e. The Kier molecular flexibility index (Phi) is 2.37. The number of hydrogen-bond donors (Lipinski definition) is 0. The molecule has 1 aliphatic heterocycles. The molecule has 0 bridgehead atoms. The molecule has 0 radical (unpaired) electrons. The lowest BCUT2D eigenvalue weighted by Gasteiger charge is -2.22. The van der Waals surface area contributed by atoms with Crippen LogP contribution in [0.3, 0.4) is 0 Å². The van der Waals surface area contributed by atoms with E-state index in [-0.39, 0.29) is 11.6 Å².